The highest BCUT2D eigenvalue weighted by molar-refractivity contribution is 5.76. The molecule has 0 heterocycles. The molecule has 0 aromatic rings. The summed E-state index contributed by atoms with van der Waals surface area (Å²) in [4.78, 5) is 10.7. The summed E-state index contributed by atoms with van der Waals surface area (Å²) in [5.41, 5.74) is -1.15. The standard InChI is InChI=1S/C14H24O3/c1-4-5-6-7-8-9-10-11-12-17-14(2,3)13(15)16/h8-9,11-12H,4-7,10H2,1-3H3,(H,15,16)/b9-8-,12-11-. The Kier molecular flexibility index (Phi) is 8.20. The molecule has 0 atom stereocenters. The van der Waals surface area contributed by atoms with E-state index in [2.05, 4.69) is 19.1 Å². The van der Waals surface area contributed by atoms with Gasteiger partial charge in [-0.1, -0.05) is 31.9 Å². The lowest BCUT2D eigenvalue weighted by molar-refractivity contribution is -0.155. The van der Waals surface area contributed by atoms with E-state index in [1.807, 2.05) is 6.08 Å². The van der Waals surface area contributed by atoms with Gasteiger partial charge < -0.3 is 9.84 Å². The fourth-order valence-corrected chi connectivity index (χ4v) is 1.13. The van der Waals surface area contributed by atoms with Gasteiger partial charge in [-0.2, -0.15) is 0 Å². The second kappa shape index (κ2) is 8.85. The third-order valence-electron chi connectivity index (χ3n) is 2.39. The maximum Gasteiger partial charge on any atom is 0.347 e. The molecule has 0 aromatic carbocycles. The highest BCUT2D eigenvalue weighted by atomic mass is 16.5. The first-order valence-corrected chi connectivity index (χ1v) is 6.22. The molecule has 1 N–H and O–H groups in total. The predicted octanol–water partition coefficient (Wildman–Crippen LogP) is 3.91. The van der Waals surface area contributed by atoms with Crippen molar-refractivity contribution in [3.8, 4) is 0 Å². The third kappa shape index (κ3) is 8.55. The molecule has 0 bridgehead atoms. The maximum atomic E-state index is 10.7. The van der Waals surface area contributed by atoms with Crippen molar-refractivity contribution in [2.24, 2.45) is 0 Å². The number of carbonyl (C=O) groups is 1. The molecule has 0 aromatic heterocycles. The molecule has 0 radical (unpaired) electrons. The van der Waals surface area contributed by atoms with Crippen molar-refractivity contribution < 1.29 is 14.6 Å². The van der Waals surface area contributed by atoms with Gasteiger partial charge in [0.2, 0.25) is 0 Å². The lowest BCUT2D eigenvalue weighted by Crippen LogP contribution is -2.32. The molecule has 0 unspecified atom stereocenters. The van der Waals surface area contributed by atoms with E-state index in [1.54, 1.807) is 0 Å². The summed E-state index contributed by atoms with van der Waals surface area (Å²) in [6.07, 6.45) is 13.2. The second-order valence-electron chi connectivity index (χ2n) is 4.51. The van der Waals surface area contributed by atoms with Crippen molar-refractivity contribution in [3.63, 3.8) is 0 Å². The summed E-state index contributed by atoms with van der Waals surface area (Å²) >= 11 is 0. The molecular formula is C14H24O3. The van der Waals surface area contributed by atoms with Gasteiger partial charge in [0.1, 0.15) is 0 Å². The van der Waals surface area contributed by atoms with Gasteiger partial charge >= 0.3 is 5.97 Å². The molecule has 0 aliphatic rings. The first kappa shape index (κ1) is 15.8. The van der Waals surface area contributed by atoms with E-state index in [0.717, 1.165) is 12.8 Å². The summed E-state index contributed by atoms with van der Waals surface area (Å²) < 4.78 is 5.12. The fourth-order valence-electron chi connectivity index (χ4n) is 1.13. The molecule has 3 heteroatoms. The third-order valence-corrected chi connectivity index (χ3v) is 2.39. The largest absolute Gasteiger partial charge is 0.484 e. The monoisotopic (exact) mass is 240 g/mol. The number of carboxylic acid groups (broad SMARTS) is 1. The van der Waals surface area contributed by atoms with E-state index in [0.29, 0.717) is 0 Å². The van der Waals surface area contributed by atoms with Crippen LogP contribution in [0, 0.1) is 0 Å². The van der Waals surface area contributed by atoms with Gasteiger partial charge in [0.15, 0.2) is 5.60 Å². The van der Waals surface area contributed by atoms with Crippen LogP contribution >= 0.6 is 0 Å². The van der Waals surface area contributed by atoms with Gasteiger partial charge in [-0.05, 0) is 39.2 Å². The van der Waals surface area contributed by atoms with Crippen LogP contribution in [0.5, 0.6) is 0 Å². The molecule has 0 saturated heterocycles. The van der Waals surface area contributed by atoms with Crippen LogP contribution in [0.4, 0.5) is 0 Å². The molecule has 17 heavy (non-hydrogen) atoms. The Morgan fingerprint density at radius 3 is 2.53 bits per heavy atom. The SMILES string of the molecule is CCCCC/C=C\C/C=C\OC(C)(C)C(=O)O. The van der Waals surface area contributed by atoms with E-state index in [9.17, 15) is 4.79 Å². The summed E-state index contributed by atoms with van der Waals surface area (Å²) in [6, 6.07) is 0. The van der Waals surface area contributed by atoms with Gasteiger partial charge in [0, 0.05) is 0 Å². The van der Waals surface area contributed by atoms with Crippen molar-refractivity contribution in [2.75, 3.05) is 0 Å². The number of hydrogen-bond acceptors (Lipinski definition) is 2. The van der Waals surface area contributed by atoms with Gasteiger partial charge in [-0.25, -0.2) is 4.79 Å². The van der Waals surface area contributed by atoms with Crippen molar-refractivity contribution >= 4 is 5.97 Å². The Morgan fingerprint density at radius 1 is 1.24 bits per heavy atom. The zero-order valence-electron chi connectivity index (χ0n) is 11.1. The van der Waals surface area contributed by atoms with Gasteiger partial charge in [-0.15, -0.1) is 0 Å². The minimum absolute atomic E-state index is 0.780. The molecule has 0 aliphatic heterocycles. The normalized spacial score (nSPS) is 12.4. The Bertz CT molecular complexity index is 265. The van der Waals surface area contributed by atoms with Crippen LogP contribution in [0.25, 0.3) is 0 Å². The zero-order chi connectivity index (χ0) is 13.1. The summed E-state index contributed by atoms with van der Waals surface area (Å²) in [5, 5.41) is 8.79. The van der Waals surface area contributed by atoms with Gasteiger partial charge in [0.25, 0.3) is 0 Å². The number of hydrogen-bond donors (Lipinski definition) is 1. The fraction of sp³-hybridized carbons (Fsp3) is 0.643. The van der Waals surface area contributed by atoms with Crippen LogP contribution in [-0.4, -0.2) is 16.7 Å². The Labute approximate surface area is 104 Å². The number of rotatable bonds is 9. The summed E-state index contributed by atoms with van der Waals surface area (Å²) in [5.74, 6) is -0.961. The van der Waals surface area contributed by atoms with Crippen LogP contribution in [0.1, 0.15) is 52.9 Å². The van der Waals surface area contributed by atoms with Crippen LogP contribution in [0.2, 0.25) is 0 Å². The molecule has 3 nitrogen and oxygen atoms in total. The second-order valence-corrected chi connectivity index (χ2v) is 4.51. The van der Waals surface area contributed by atoms with Crippen molar-refractivity contribution in [2.45, 2.75) is 58.5 Å². The number of allylic oxidation sites excluding steroid dienone is 3. The average Bonchev–Trinajstić information content (AvgIpc) is 2.26. The van der Waals surface area contributed by atoms with Crippen LogP contribution in [0.3, 0.4) is 0 Å². The Hall–Kier alpha value is -1.25. The van der Waals surface area contributed by atoms with Crippen LogP contribution in [0.15, 0.2) is 24.5 Å². The van der Waals surface area contributed by atoms with E-state index < -0.39 is 11.6 Å². The molecule has 0 saturated carbocycles. The maximum absolute atomic E-state index is 10.7. The number of ether oxygens (including phenoxy) is 1. The smallest absolute Gasteiger partial charge is 0.347 e. The topological polar surface area (TPSA) is 46.5 Å². The van der Waals surface area contributed by atoms with E-state index >= 15 is 0 Å². The van der Waals surface area contributed by atoms with Crippen molar-refractivity contribution in [1.82, 2.24) is 0 Å². The van der Waals surface area contributed by atoms with E-state index in [1.165, 1.54) is 39.4 Å². The highest BCUT2D eigenvalue weighted by Crippen LogP contribution is 2.09. The van der Waals surface area contributed by atoms with Gasteiger partial charge in [0.05, 0.1) is 6.26 Å². The van der Waals surface area contributed by atoms with Crippen molar-refractivity contribution in [3.05, 3.63) is 24.5 Å². The quantitative estimate of drug-likeness (QED) is 0.377. The number of carboxylic acids is 1. The highest BCUT2D eigenvalue weighted by Gasteiger charge is 2.27. The van der Waals surface area contributed by atoms with Crippen molar-refractivity contribution in [1.29, 1.82) is 0 Å². The molecule has 0 spiro atoms. The predicted molar refractivity (Wildman–Crippen MR) is 69.8 cm³/mol. The van der Waals surface area contributed by atoms with E-state index in [-0.39, 0.29) is 0 Å². The number of unbranched alkanes of at least 4 members (excludes halogenated alkanes) is 3. The van der Waals surface area contributed by atoms with Gasteiger partial charge in [-0.3, -0.25) is 0 Å². The first-order chi connectivity index (χ1) is 8.00. The lowest BCUT2D eigenvalue weighted by Gasteiger charge is -2.18. The van der Waals surface area contributed by atoms with Crippen LogP contribution < -0.4 is 0 Å². The molecule has 0 rings (SSSR count). The average molecular weight is 240 g/mol. The van der Waals surface area contributed by atoms with Crippen LogP contribution in [-0.2, 0) is 9.53 Å². The number of aliphatic carboxylic acids is 1. The summed E-state index contributed by atoms with van der Waals surface area (Å²) in [7, 11) is 0. The molecule has 0 aliphatic carbocycles. The molecule has 0 fully saturated rings. The minimum Gasteiger partial charge on any atom is -0.484 e. The Morgan fingerprint density at radius 2 is 1.94 bits per heavy atom. The molecule has 0 amide bonds. The first-order valence-electron chi connectivity index (χ1n) is 6.22. The lowest BCUT2D eigenvalue weighted by atomic mass is 10.1. The summed E-state index contributed by atoms with van der Waals surface area (Å²) in [6.45, 7) is 5.24. The van der Waals surface area contributed by atoms with E-state index in [4.69, 9.17) is 9.84 Å². The molecular weight excluding hydrogens is 216 g/mol. The Balaban J connectivity index is 3.64. The minimum atomic E-state index is -1.15. The zero-order valence-corrected chi connectivity index (χ0v) is 11.1. The molecule has 98 valence electrons.